The van der Waals surface area contributed by atoms with Crippen molar-refractivity contribution in [2.24, 2.45) is 5.14 Å². The standard InChI is InChI=1S/C10H13N2O2S/c1-12-5-4-8-2-3-10(15(11,13)14)6-9(8)7-12/h2-3,6H,1,4-5,7H2,(H2,11,13,14)/q-1. The van der Waals surface area contributed by atoms with Crippen LogP contribution in [0.25, 0.3) is 0 Å². The smallest absolute Gasteiger partial charge is 0.238 e. The first kappa shape index (κ1) is 10.6. The van der Waals surface area contributed by atoms with Crippen molar-refractivity contribution in [2.45, 2.75) is 17.9 Å². The number of sulfonamides is 1. The lowest BCUT2D eigenvalue weighted by Crippen LogP contribution is -2.25. The Kier molecular flexibility index (Phi) is 2.54. The molecule has 1 aliphatic heterocycles. The van der Waals surface area contributed by atoms with Crippen molar-refractivity contribution in [2.75, 3.05) is 6.54 Å². The lowest BCUT2D eigenvalue weighted by Gasteiger charge is -2.31. The molecule has 1 aromatic rings. The number of primary sulfonamides is 1. The van der Waals surface area contributed by atoms with Crippen LogP contribution < -0.4 is 5.14 Å². The quantitative estimate of drug-likeness (QED) is 0.707. The molecule has 1 heterocycles. The largest absolute Gasteiger partial charge is 0.455 e. The summed E-state index contributed by atoms with van der Waals surface area (Å²) in [4.78, 5) is 2.09. The Labute approximate surface area is 89.7 Å². The van der Waals surface area contributed by atoms with Crippen LogP contribution in [-0.2, 0) is 23.0 Å². The average Bonchev–Trinajstić information content (AvgIpc) is 2.15. The molecule has 0 aliphatic carbocycles. The first-order valence-electron chi connectivity index (χ1n) is 4.67. The van der Waals surface area contributed by atoms with Gasteiger partial charge in [0.25, 0.3) is 0 Å². The van der Waals surface area contributed by atoms with Gasteiger partial charge in [0.2, 0.25) is 10.0 Å². The molecule has 0 aromatic heterocycles. The Morgan fingerprint density at radius 3 is 2.73 bits per heavy atom. The summed E-state index contributed by atoms with van der Waals surface area (Å²) < 4.78 is 22.3. The van der Waals surface area contributed by atoms with Crippen molar-refractivity contribution < 1.29 is 8.42 Å². The van der Waals surface area contributed by atoms with Gasteiger partial charge in [0.05, 0.1) is 4.90 Å². The second kappa shape index (κ2) is 3.59. The molecule has 2 N–H and O–H groups in total. The highest BCUT2D eigenvalue weighted by Crippen LogP contribution is 2.21. The maximum atomic E-state index is 11.1. The minimum atomic E-state index is -3.59. The molecule has 82 valence electrons. The Balaban J connectivity index is 2.46. The Morgan fingerprint density at radius 2 is 2.07 bits per heavy atom. The topological polar surface area (TPSA) is 63.4 Å². The normalized spacial score (nSPS) is 17.5. The monoisotopic (exact) mass is 225 g/mol. The second-order valence-corrected chi connectivity index (χ2v) is 5.34. The van der Waals surface area contributed by atoms with Crippen LogP contribution in [0.15, 0.2) is 23.1 Å². The fourth-order valence-electron chi connectivity index (χ4n) is 1.77. The van der Waals surface area contributed by atoms with Crippen molar-refractivity contribution >= 4 is 10.0 Å². The van der Waals surface area contributed by atoms with Gasteiger partial charge in [-0.05, 0) is 42.8 Å². The van der Waals surface area contributed by atoms with Crippen LogP contribution in [0.5, 0.6) is 0 Å². The molecule has 2 rings (SSSR count). The lowest BCUT2D eigenvalue weighted by molar-refractivity contribution is 0.347. The Morgan fingerprint density at radius 1 is 1.33 bits per heavy atom. The molecule has 0 amide bonds. The fourth-order valence-corrected chi connectivity index (χ4v) is 2.33. The minimum Gasteiger partial charge on any atom is -0.455 e. The SMILES string of the molecule is [CH2-]N1CCc2ccc(S(N)(=O)=O)cc2C1. The zero-order valence-electron chi connectivity index (χ0n) is 8.31. The Hall–Kier alpha value is -0.910. The number of hydrogen-bond donors (Lipinski definition) is 1. The number of hydrogen-bond acceptors (Lipinski definition) is 3. The van der Waals surface area contributed by atoms with Gasteiger partial charge in [-0.25, -0.2) is 13.6 Å². The molecule has 0 saturated carbocycles. The third kappa shape index (κ3) is 2.19. The molecule has 0 unspecified atom stereocenters. The van der Waals surface area contributed by atoms with Gasteiger partial charge >= 0.3 is 0 Å². The first-order chi connectivity index (χ1) is 6.97. The second-order valence-electron chi connectivity index (χ2n) is 3.78. The molecule has 0 saturated heterocycles. The highest BCUT2D eigenvalue weighted by atomic mass is 32.2. The minimum absolute atomic E-state index is 0.177. The van der Waals surface area contributed by atoms with Crippen LogP contribution in [0.4, 0.5) is 0 Å². The Bertz CT molecular complexity index is 482. The van der Waals surface area contributed by atoms with E-state index in [-0.39, 0.29) is 4.90 Å². The molecule has 1 aliphatic rings. The molecule has 5 heteroatoms. The summed E-state index contributed by atoms with van der Waals surface area (Å²) >= 11 is 0. The maximum Gasteiger partial charge on any atom is 0.238 e. The predicted molar refractivity (Wildman–Crippen MR) is 57.3 cm³/mol. The van der Waals surface area contributed by atoms with Crippen LogP contribution in [0.3, 0.4) is 0 Å². The summed E-state index contributed by atoms with van der Waals surface area (Å²) in [5, 5.41) is 5.07. The zero-order chi connectivity index (χ0) is 11.1. The van der Waals surface area contributed by atoms with Gasteiger partial charge in [0.15, 0.2) is 0 Å². The third-order valence-corrected chi connectivity index (χ3v) is 3.51. The van der Waals surface area contributed by atoms with Gasteiger partial charge in [0, 0.05) is 0 Å². The molecule has 0 fully saturated rings. The van der Waals surface area contributed by atoms with E-state index in [0.717, 1.165) is 18.5 Å². The summed E-state index contributed by atoms with van der Waals surface area (Å²) in [6, 6.07) is 5.04. The number of fused-ring (bicyclic) bond motifs is 1. The van der Waals surface area contributed by atoms with Crippen LogP contribution in [0, 0.1) is 7.05 Å². The predicted octanol–water partition coefficient (Wildman–Crippen LogP) is 0.484. The van der Waals surface area contributed by atoms with Crippen LogP contribution in [0.1, 0.15) is 11.1 Å². The number of nitrogens with zero attached hydrogens (tertiary/aromatic N) is 1. The third-order valence-electron chi connectivity index (χ3n) is 2.60. The molecular formula is C10H13N2O2S-. The molecule has 0 bridgehead atoms. The van der Waals surface area contributed by atoms with Gasteiger partial charge in [-0.15, -0.1) is 0 Å². The summed E-state index contributed by atoms with van der Waals surface area (Å²) in [5.41, 5.74) is 2.19. The van der Waals surface area contributed by atoms with E-state index in [0.29, 0.717) is 6.54 Å². The molecule has 15 heavy (non-hydrogen) atoms. The van der Waals surface area contributed by atoms with E-state index in [2.05, 4.69) is 7.05 Å². The van der Waals surface area contributed by atoms with Gasteiger partial charge < -0.3 is 4.90 Å². The lowest BCUT2D eigenvalue weighted by atomic mass is 10.0. The molecule has 0 spiro atoms. The van der Waals surface area contributed by atoms with Gasteiger partial charge in [0.1, 0.15) is 0 Å². The number of rotatable bonds is 1. The van der Waals surface area contributed by atoms with Crippen molar-refractivity contribution in [3.63, 3.8) is 0 Å². The molecular weight excluding hydrogens is 212 g/mol. The summed E-state index contributed by atoms with van der Waals surface area (Å²) in [6.07, 6.45) is 0.906. The molecule has 1 aromatic carbocycles. The first-order valence-corrected chi connectivity index (χ1v) is 6.21. The zero-order valence-corrected chi connectivity index (χ0v) is 9.13. The molecule has 0 radical (unpaired) electrons. The van der Waals surface area contributed by atoms with Gasteiger partial charge in [-0.1, -0.05) is 6.07 Å². The summed E-state index contributed by atoms with van der Waals surface area (Å²) in [5.74, 6) is 0. The van der Waals surface area contributed by atoms with Crippen LogP contribution in [-0.4, -0.2) is 19.9 Å². The summed E-state index contributed by atoms with van der Waals surface area (Å²) in [7, 11) is 0.248. The van der Waals surface area contributed by atoms with Gasteiger partial charge in [-0.2, -0.15) is 0 Å². The van der Waals surface area contributed by atoms with Crippen LogP contribution in [0.2, 0.25) is 0 Å². The molecule has 4 nitrogen and oxygen atoms in total. The highest BCUT2D eigenvalue weighted by molar-refractivity contribution is 7.89. The van der Waals surface area contributed by atoms with E-state index in [4.69, 9.17) is 5.14 Å². The van der Waals surface area contributed by atoms with Crippen LogP contribution >= 0.6 is 0 Å². The number of nitrogens with two attached hydrogens (primary N) is 1. The maximum absolute atomic E-state index is 11.1. The van der Waals surface area contributed by atoms with Crippen molar-refractivity contribution in [3.8, 4) is 0 Å². The van der Waals surface area contributed by atoms with E-state index < -0.39 is 10.0 Å². The summed E-state index contributed by atoms with van der Waals surface area (Å²) in [6.45, 7) is 1.58. The van der Waals surface area contributed by atoms with Crippen molar-refractivity contribution in [1.82, 2.24) is 4.90 Å². The van der Waals surface area contributed by atoms with E-state index in [1.54, 1.807) is 12.1 Å². The van der Waals surface area contributed by atoms with E-state index >= 15 is 0 Å². The highest BCUT2D eigenvalue weighted by Gasteiger charge is 2.14. The van der Waals surface area contributed by atoms with Gasteiger partial charge in [-0.3, -0.25) is 7.05 Å². The van der Waals surface area contributed by atoms with Crippen molar-refractivity contribution in [1.29, 1.82) is 0 Å². The number of benzene rings is 1. The average molecular weight is 225 g/mol. The van der Waals surface area contributed by atoms with E-state index in [1.807, 2.05) is 11.0 Å². The van der Waals surface area contributed by atoms with Crippen molar-refractivity contribution in [3.05, 3.63) is 36.4 Å². The fraction of sp³-hybridized carbons (Fsp3) is 0.300. The van der Waals surface area contributed by atoms with E-state index in [9.17, 15) is 8.42 Å². The van der Waals surface area contributed by atoms with E-state index in [1.165, 1.54) is 5.56 Å². The molecule has 0 atom stereocenters.